The Kier molecular flexibility index (Phi) is 9.37. The van der Waals surface area contributed by atoms with Gasteiger partial charge in [-0.2, -0.15) is 13.2 Å². The number of ether oxygens (including phenoxy) is 2. The monoisotopic (exact) mass is 416 g/mol. The molecular formula is C20H27F3O4Si. The first-order valence-corrected chi connectivity index (χ1v) is 11.8. The smallest absolute Gasteiger partial charge is 0.385 e. The summed E-state index contributed by atoms with van der Waals surface area (Å²) in [5, 5.41) is 10.5. The van der Waals surface area contributed by atoms with Crippen molar-refractivity contribution in [3.63, 3.8) is 0 Å². The highest BCUT2D eigenvalue weighted by atomic mass is 28.3. The van der Waals surface area contributed by atoms with Gasteiger partial charge in [-0.15, -0.1) is 5.54 Å². The summed E-state index contributed by atoms with van der Waals surface area (Å²) in [6.45, 7) is 5.89. The van der Waals surface area contributed by atoms with Crippen LogP contribution in [0.4, 0.5) is 13.2 Å². The Morgan fingerprint density at radius 1 is 1.14 bits per heavy atom. The van der Waals surface area contributed by atoms with E-state index in [1.807, 2.05) is 20.8 Å². The zero-order valence-corrected chi connectivity index (χ0v) is 17.6. The van der Waals surface area contributed by atoms with Crippen molar-refractivity contribution < 1.29 is 32.5 Å². The number of rotatable bonds is 9. The maximum Gasteiger partial charge on any atom is 0.416 e. The van der Waals surface area contributed by atoms with E-state index < -0.39 is 37.8 Å². The molecule has 0 spiro atoms. The highest BCUT2D eigenvalue weighted by Crippen LogP contribution is 2.30. The van der Waals surface area contributed by atoms with Crippen LogP contribution in [0.5, 0.6) is 0 Å². The molecule has 156 valence electrons. The molecule has 0 unspecified atom stereocenters. The molecule has 8 heteroatoms. The number of halogens is 3. The third kappa shape index (κ3) is 6.45. The summed E-state index contributed by atoms with van der Waals surface area (Å²) >= 11 is 0. The van der Waals surface area contributed by atoms with Gasteiger partial charge in [0.15, 0.2) is 6.10 Å². The van der Waals surface area contributed by atoms with E-state index in [-0.39, 0.29) is 12.4 Å². The number of alkyl halides is 3. The molecule has 0 bridgehead atoms. The molecule has 28 heavy (non-hydrogen) atoms. The average molecular weight is 417 g/mol. The second-order valence-corrected chi connectivity index (χ2v) is 11.4. The molecule has 1 rings (SSSR count). The Bertz CT molecular complexity index is 680. The van der Waals surface area contributed by atoms with Crippen molar-refractivity contribution in [1.29, 1.82) is 0 Å². The van der Waals surface area contributed by atoms with E-state index >= 15 is 0 Å². The highest BCUT2D eigenvalue weighted by Gasteiger charge is 2.32. The molecule has 0 aliphatic rings. The molecule has 0 amide bonds. The van der Waals surface area contributed by atoms with Gasteiger partial charge in [0.05, 0.1) is 5.56 Å². The molecule has 2 atom stereocenters. The Hall–Kier alpha value is -1.66. The van der Waals surface area contributed by atoms with Crippen LogP contribution < -0.4 is 0 Å². The minimum atomic E-state index is -4.48. The minimum Gasteiger partial charge on any atom is -0.385 e. The van der Waals surface area contributed by atoms with Crippen LogP contribution in [0.2, 0.25) is 18.1 Å². The molecule has 4 nitrogen and oxygen atoms in total. The SMILES string of the molecule is CC[Si](C#CC(=O)[C@@H](OCOC)[C@@H](O)c1ccc(C(F)(F)F)cc1)(CC)CC. The molecule has 0 saturated heterocycles. The fourth-order valence-electron chi connectivity index (χ4n) is 2.78. The number of ketones is 1. The second-order valence-electron chi connectivity index (χ2n) is 6.51. The van der Waals surface area contributed by atoms with Crippen LogP contribution in [0, 0.1) is 11.5 Å². The first-order chi connectivity index (χ1) is 13.1. The number of hydrogen-bond donors (Lipinski definition) is 1. The van der Waals surface area contributed by atoms with Gasteiger partial charge in [0.25, 0.3) is 0 Å². The minimum absolute atomic E-state index is 0.134. The summed E-state index contributed by atoms with van der Waals surface area (Å²) in [7, 11) is -0.513. The molecule has 1 aromatic rings. The van der Waals surface area contributed by atoms with Gasteiger partial charge in [0.2, 0.25) is 5.78 Å². The predicted octanol–water partition coefficient (Wildman–Crippen LogP) is 4.35. The van der Waals surface area contributed by atoms with Gasteiger partial charge in [-0.3, -0.25) is 4.79 Å². The summed E-state index contributed by atoms with van der Waals surface area (Å²) in [4.78, 5) is 12.6. The van der Waals surface area contributed by atoms with Gasteiger partial charge in [-0.05, 0) is 41.7 Å². The van der Waals surface area contributed by atoms with Gasteiger partial charge >= 0.3 is 6.18 Å². The van der Waals surface area contributed by atoms with Crippen LogP contribution in [0.25, 0.3) is 0 Å². The zero-order valence-electron chi connectivity index (χ0n) is 16.6. The normalized spacial score (nSPS) is 14.1. The van der Waals surface area contributed by atoms with E-state index in [1.54, 1.807) is 0 Å². The number of Topliss-reactive ketones (excluding diaryl/α,β-unsaturated/α-hetero) is 1. The van der Waals surface area contributed by atoms with Crippen LogP contribution in [0.1, 0.15) is 38.0 Å². The van der Waals surface area contributed by atoms with Crippen molar-refractivity contribution in [1.82, 2.24) is 0 Å². The van der Waals surface area contributed by atoms with Crippen molar-refractivity contribution in [2.75, 3.05) is 13.9 Å². The van der Waals surface area contributed by atoms with E-state index in [4.69, 9.17) is 9.47 Å². The molecule has 1 N–H and O–H groups in total. The van der Waals surface area contributed by atoms with Crippen LogP contribution in [0.3, 0.4) is 0 Å². The van der Waals surface area contributed by atoms with Crippen molar-refractivity contribution in [2.45, 2.75) is 57.3 Å². The number of carbonyl (C=O) groups is 1. The van der Waals surface area contributed by atoms with E-state index in [9.17, 15) is 23.1 Å². The fourth-order valence-corrected chi connectivity index (χ4v) is 5.19. The van der Waals surface area contributed by atoms with Gasteiger partial charge < -0.3 is 14.6 Å². The zero-order chi connectivity index (χ0) is 21.4. The standard InChI is InChI=1S/C20H27F3O4Si/c1-5-28(6-2,7-3)13-12-17(24)19(27-14-26-4)18(25)15-8-10-16(11-9-15)20(21,22)23/h8-11,18-19,25H,5-7,14H2,1-4H3/t18-,19+/m0/s1. The summed E-state index contributed by atoms with van der Waals surface area (Å²) in [6, 6.07) is 6.68. The lowest BCUT2D eigenvalue weighted by atomic mass is 10.00. The summed E-state index contributed by atoms with van der Waals surface area (Å²) in [5.74, 6) is 2.01. The summed E-state index contributed by atoms with van der Waals surface area (Å²) < 4.78 is 48.3. The quantitative estimate of drug-likeness (QED) is 0.369. The number of benzene rings is 1. The van der Waals surface area contributed by atoms with Crippen LogP contribution in [0.15, 0.2) is 24.3 Å². The van der Waals surface area contributed by atoms with Crippen molar-refractivity contribution in [2.24, 2.45) is 0 Å². The van der Waals surface area contributed by atoms with E-state index in [0.29, 0.717) is 0 Å². The summed E-state index contributed by atoms with van der Waals surface area (Å²) in [5.41, 5.74) is 2.43. The number of carbonyl (C=O) groups excluding carboxylic acids is 1. The first kappa shape index (κ1) is 24.4. The largest absolute Gasteiger partial charge is 0.416 e. The number of aliphatic hydroxyl groups is 1. The molecule has 0 saturated carbocycles. The molecule has 0 aliphatic heterocycles. The van der Waals surface area contributed by atoms with E-state index in [0.717, 1.165) is 42.4 Å². The van der Waals surface area contributed by atoms with E-state index in [1.165, 1.54) is 7.11 Å². The third-order valence-corrected chi connectivity index (χ3v) is 9.69. The van der Waals surface area contributed by atoms with Crippen molar-refractivity contribution in [3.05, 3.63) is 35.4 Å². The topological polar surface area (TPSA) is 55.8 Å². The average Bonchev–Trinajstić information content (AvgIpc) is 2.69. The molecule has 0 fully saturated rings. The fraction of sp³-hybridized carbons (Fsp3) is 0.550. The van der Waals surface area contributed by atoms with Gasteiger partial charge in [0.1, 0.15) is 21.0 Å². The number of aliphatic hydroxyl groups excluding tert-OH is 1. The Morgan fingerprint density at radius 2 is 1.68 bits per heavy atom. The first-order valence-electron chi connectivity index (χ1n) is 9.16. The van der Waals surface area contributed by atoms with Gasteiger partial charge in [0, 0.05) is 7.11 Å². The van der Waals surface area contributed by atoms with Crippen LogP contribution in [-0.4, -0.2) is 39.0 Å². The predicted molar refractivity (Wildman–Crippen MR) is 103 cm³/mol. The third-order valence-electron chi connectivity index (χ3n) is 4.97. The number of hydrogen-bond acceptors (Lipinski definition) is 4. The molecule has 0 heterocycles. The van der Waals surface area contributed by atoms with Crippen molar-refractivity contribution in [3.8, 4) is 11.5 Å². The Morgan fingerprint density at radius 3 is 2.11 bits per heavy atom. The van der Waals surface area contributed by atoms with Crippen molar-refractivity contribution >= 4 is 13.9 Å². The molecule has 0 radical (unpaired) electrons. The van der Waals surface area contributed by atoms with Crippen LogP contribution in [-0.2, 0) is 20.4 Å². The molecule has 0 aliphatic carbocycles. The lowest BCUT2D eigenvalue weighted by Crippen LogP contribution is -2.33. The lowest BCUT2D eigenvalue weighted by molar-refractivity contribution is -0.147. The Labute approximate surface area is 165 Å². The van der Waals surface area contributed by atoms with Gasteiger partial charge in [-0.25, -0.2) is 0 Å². The molecule has 0 aromatic heterocycles. The Balaban J connectivity index is 3.12. The maximum absolute atomic E-state index is 12.7. The molecular weight excluding hydrogens is 389 g/mol. The van der Waals surface area contributed by atoms with E-state index in [2.05, 4.69) is 11.5 Å². The number of methoxy groups -OCH3 is 1. The highest BCUT2D eigenvalue weighted by molar-refractivity contribution is 6.87. The van der Waals surface area contributed by atoms with Gasteiger partial charge in [-0.1, -0.05) is 32.9 Å². The lowest BCUT2D eigenvalue weighted by Gasteiger charge is -2.22. The second kappa shape index (κ2) is 10.8. The summed E-state index contributed by atoms with van der Waals surface area (Å²) in [6.07, 6.45) is -7.29. The molecule has 1 aromatic carbocycles. The van der Waals surface area contributed by atoms with Crippen LogP contribution >= 0.6 is 0 Å². The maximum atomic E-state index is 12.7.